The Morgan fingerprint density at radius 1 is 1.73 bits per heavy atom. The number of carbonyl (C=O) groups is 1. The first-order valence-electron chi connectivity index (χ1n) is 4.24. The number of hydrogen-bond donors (Lipinski definition) is 1. The van der Waals surface area contributed by atoms with E-state index in [-0.39, 0.29) is 23.0 Å². The standard InChI is InChI=1S/C9H12N2O2S.BrH/c1-3-4-6(8(12)13-2)7-5-14-9(10)11-7;/h4-5H,3H2,1-2H3,(H2,10,11);1H/b6-4-;. The van der Waals surface area contributed by atoms with Crippen molar-refractivity contribution < 1.29 is 31.5 Å². The number of rotatable bonds is 3. The fourth-order valence-electron chi connectivity index (χ4n) is 1.06. The fourth-order valence-corrected chi connectivity index (χ4v) is 1.66. The Hall–Kier alpha value is -0.880. The van der Waals surface area contributed by atoms with E-state index >= 15 is 0 Å². The van der Waals surface area contributed by atoms with Crippen molar-refractivity contribution in [3.8, 4) is 0 Å². The number of carbonyl (C=O) groups excluding carboxylic acids is 1. The van der Waals surface area contributed by atoms with Gasteiger partial charge < -0.3 is 21.7 Å². The van der Waals surface area contributed by atoms with Crippen molar-refractivity contribution in [2.24, 2.45) is 0 Å². The summed E-state index contributed by atoms with van der Waals surface area (Å²) in [6.07, 6.45) is 2.58. The molecule has 0 fully saturated rings. The third kappa shape index (κ3) is 3.64. The lowest BCUT2D eigenvalue weighted by molar-refractivity contribution is -0.357. The van der Waals surface area contributed by atoms with Gasteiger partial charge in [-0.1, -0.05) is 24.3 Å². The van der Waals surface area contributed by atoms with Gasteiger partial charge in [-0.05, 0) is 6.42 Å². The van der Waals surface area contributed by atoms with Gasteiger partial charge in [-0.15, -0.1) is 0 Å². The number of nitrogens with two attached hydrogens (primary N) is 1. The predicted octanol–water partition coefficient (Wildman–Crippen LogP) is -1.89. The highest BCUT2D eigenvalue weighted by molar-refractivity contribution is 7.13. The van der Waals surface area contributed by atoms with Crippen LogP contribution in [0, 0.1) is 0 Å². The lowest BCUT2D eigenvalue weighted by Gasteiger charge is -1.99. The Kier molecular flexibility index (Phi) is 6.19. The summed E-state index contributed by atoms with van der Waals surface area (Å²) in [5.74, 6) is -0.346. The van der Waals surface area contributed by atoms with Crippen LogP contribution in [0.1, 0.15) is 19.0 Å². The summed E-state index contributed by atoms with van der Waals surface area (Å²) < 4.78 is 4.67. The second kappa shape index (κ2) is 6.58. The van der Waals surface area contributed by atoms with Crippen molar-refractivity contribution in [2.45, 2.75) is 13.3 Å². The molecule has 0 spiro atoms. The molecule has 0 amide bonds. The van der Waals surface area contributed by atoms with E-state index in [1.54, 1.807) is 5.38 Å². The largest absolute Gasteiger partial charge is 1.00 e. The molecular weight excluding hydrogens is 280 g/mol. The van der Waals surface area contributed by atoms with Gasteiger partial charge in [0.15, 0.2) is 0 Å². The first-order chi connectivity index (χ1) is 6.69. The number of aromatic amines is 1. The van der Waals surface area contributed by atoms with Gasteiger partial charge in [-0.3, -0.25) is 5.73 Å². The van der Waals surface area contributed by atoms with E-state index in [2.05, 4.69) is 9.72 Å². The van der Waals surface area contributed by atoms with E-state index in [0.29, 0.717) is 16.4 Å². The molecule has 1 heterocycles. The maximum Gasteiger partial charge on any atom is 0.341 e. The van der Waals surface area contributed by atoms with Gasteiger partial charge in [0, 0.05) is 5.38 Å². The first kappa shape index (κ1) is 14.1. The molecule has 4 nitrogen and oxygen atoms in total. The summed E-state index contributed by atoms with van der Waals surface area (Å²) in [4.78, 5) is 14.3. The summed E-state index contributed by atoms with van der Waals surface area (Å²) in [5.41, 5.74) is 6.78. The summed E-state index contributed by atoms with van der Waals surface area (Å²) >= 11 is 1.36. The summed E-state index contributed by atoms with van der Waals surface area (Å²) in [5, 5.41) is 2.37. The molecule has 1 aromatic rings. The number of nitrogen functional groups attached to an aromatic ring is 1. The van der Waals surface area contributed by atoms with Crippen molar-refractivity contribution in [1.82, 2.24) is 0 Å². The molecule has 0 aliphatic carbocycles. The smallest absolute Gasteiger partial charge is 0.341 e. The van der Waals surface area contributed by atoms with Gasteiger partial charge in [0.1, 0.15) is 11.3 Å². The molecule has 15 heavy (non-hydrogen) atoms. The number of allylic oxidation sites excluding steroid dienone is 1. The van der Waals surface area contributed by atoms with E-state index in [1.807, 2.05) is 13.0 Å². The SMILES string of the molecule is CC/C=C(\C(=O)OC)c1csc(N)[nH+]1.[Br-]. The molecule has 0 saturated heterocycles. The Morgan fingerprint density at radius 2 is 2.40 bits per heavy atom. The van der Waals surface area contributed by atoms with Crippen molar-refractivity contribution in [3.05, 3.63) is 17.2 Å². The predicted molar refractivity (Wildman–Crippen MR) is 55.6 cm³/mol. The van der Waals surface area contributed by atoms with Gasteiger partial charge in [-0.25, -0.2) is 9.78 Å². The number of methoxy groups -OCH3 is 1. The third-order valence-electron chi connectivity index (χ3n) is 1.67. The topological polar surface area (TPSA) is 66.5 Å². The molecule has 0 aliphatic heterocycles. The number of halogens is 1. The minimum Gasteiger partial charge on any atom is -1.00 e. The number of hydrogen-bond acceptors (Lipinski definition) is 4. The number of H-pyrrole nitrogens is 1. The average molecular weight is 293 g/mol. The van der Waals surface area contributed by atoms with Crippen LogP contribution in [0.15, 0.2) is 11.5 Å². The summed E-state index contributed by atoms with van der Waals surface area (Å²) in [6.45, 7) is 1.96. The van der Waals surface area contributed by atoms with Crippen LogP contribution in [0.25, 0.3) is 5.57 Å². The van der Waals surface area contributed by atoms with E-state index in [9.17, 15) is 4.79 Å². The number of thiazole rings is 1. The second-order valence-corrected chi connectivity index (χ2v) is 3.57. The maximum absolute atomic E-state index is 11.4. The molecule has 0 radical (unpaired) electrons. The third-order valence-corrected chi connectivity index (χ3v) is 2.37. The second-order valence-electron chi connectivity index (χ2n) is 2.66. The van der Waals surface area contributed by atoms with E-state index < -0.39 is 0 Å². The molecule has 0 atom stereocenters. The van der Waals surface area contributed by atoms with Crippen molar-refractivity contribution in [3.63, 3.8) is 0 Å². The van der Waals surface area contributed by atoms with Crippen molar-refractivity contribution >= 4 is 28.0 Å². The normalized spacial score (nSPS) is 10.7. The Morgan fingerprint density at radius 3 is 2.80 bits per heavy atom. The first-order valence-corrected chi connectivity index (χ1v) is 5.12. The molecule has 3 N–H and O–H groups in total. The van der Waals surface area contributed by atoms with Crippen LogP contribution in [0.2, 0.25) is 0 Å². The van der Waals surface area contributed by atoms with Crippen LogP contribution in [-0.2, 0) is 9.53 Å². The van der Waals surface area contributed by atoms with Crippen molar-refractivity contribution in [1.29, 1.82) is 0 Å². The van der Waals surface area contributed by atoms with E-state index in [0.717, 1.165) is 6.42 Å². The van der Waals surface area contributed by atoms with Gasteiger partial charge in [-0.2, -0.15) is 0 Å². The van der Waals surface area contributed by atoms with Crippen LogP contribution in [-0.4, -0.2) is 13.1 Å². The molecule has 0 bridgehead atoms. The van der Waals surface area contributed by atoms with Crippen LogP contribution < -0.4 is 27.7 Å². The number of ether oxygens (including phenoxy) is 1. The number of nitrogens with one attached hydrogen (secondary N) is 1. The molecule has 0 aliphatic rings. The monoisotopic (exact) mass is 292 g/mol. The van der Waals surface area contributed by atoms with Crippen molar-refractivity contribution in [2.75, 3.05) is 12.8 Å². The molecule has 6 heteroatoms. The highest BCUT2D eigenvalue weighted by Crippen LogP contribution is 2.16. The van der Waals surface area contributed by atoms with Crippen LogP contribution in [0.5, 0.6) is 0 Å². The van der Waals surface area contributed by atoms with Crippen LogP contribution in [0.4, 0.5) is 5.13 Å². The fraction of sp³-hybridized carbons (Fsp3) is 0.333. The molecule has 84 valence electrons. The maximum atomic E-state index is 11.4. The zero-order valence-corrected chi connectivity index (χ0v) is 10.9. The summed E-state index contributed by atoms with van der Waals surface area (Å²) in [6, 6.07) is 0. The van der Waals surface area contributed by atoms with Crippen LogP contribution in [0.3, 0.4) is 0 Å². The lowest BCUT2D eigenvalue weighted by Crippen LogP contribution is -3.00. The lowest BCUT2D eigenvalue weighted by atomic mass is 10.2. The number of esters is 1. The average Bonchev–Trinajstić information content (AvgIpc) is 2.60. The zero-order valence-electron chi connectivity index (χ0n) is 8.54. The van der Waals surface area contributed by atoms with Gasteiger partial charge in [0.25, 0.3) is 0 Å². The summed E-state index contributed by atoms with van der Waals surface area (Å²) in [7, 11) is 1.36. The minimum atomic E-state index is -0.346. The molecule has 0 aromatic carbocycles. The molecule has 0 unspecified atom stereocenters. The zero-order chi connectivity index (χ0) is 10.6. The minimum absolute atomic E-state index is 0. The van der Waals surface area contributed by atoms with Gasteiger partial charge >= 0.3 is 11.1 Å². The van der Waals surface area contributed by atoms with Gasteiger partial charge in [0.2, 0.25) is 0 Å². The molecule has 1 rings (SSSR count). The molecular formula is C9H13BrN2O2S. The number of aromatic nitrogens is 1. The van der Waals surface area contributed by atoms with E-state index in [1.165, 1.54) is 18.4 Å². The Labute approximate surface area is 103 Å². The highest BCUT2D eigenvalue weighted by Gasteiger charge is 2.16. The van der Waals surface area contributed by atoms with Gasteiger partial charge in [0.05, 0.1) is 7.11 Å². The Balaban J connectivity index is 0.00000196. The molecule has 0 saturated carbocycles. The van der Waals surface area contributed by atoms with E-state index in [4.69, 9.17) is 5.73 Å². The Bertz CT molecular complexity index is 363. The quantitative estimate of drug-likeness (QED) is 0.524. The molecule has 1 aromatic heterocycles. The van der Waals surface area contributed by atoms with Crippen LogP contribution >= 0.6 is 11.3 Å². The number of anilines is 1. The highest BCUT2D eigenvalue weighted by atomic mass is 79.9.